The van der Waals surface area contributed by atoms with Gasteiger partial charge in [-0.2, -0.15) is 4.37 Å². The van der Waals surface area contributed by atoms with Crippen molar-refractivity contribution >= 4 is 27.4 Å². The van der Waals surface area contributed by atoms with Gasteiger partial charge in [0.15, 0.2) is 11.5 Å². The number of ether oxygens (including phenoxy) is 2. The molecule has 134 valence electrons. The van der Waals surface area contributed by atoms with E-state index in [9.17, 15) is 0 Å². The van der Waals surface area contributed by atoms with Crippen LogP contribution in [0, 0.1) is 0 Å². The van der Waals surface area contributed by atoms with Gasteiger partial charge in [0.05, 0.1) is 4.70 Å². The SMILES string of the molecule is c1ccc2c(c1)OCC(CN1CCN(c3nsc4ccccc34)CC1)O2. The van der Waals surface area contributed by atoms with E-state index in [4.69, 9.17) is 9.47 Å². The number of fused-ring (bicyclic) bond motifs is 2. The normalized spacial score (nSPS) is 20.5. The predicted molar refractivity (Wildman–Crippen MR) is 105 cm³/mol. The summed E-state index contributed by atoms with van der Waals surface area (Å²) < 4.78 is 17.9. The fourth-order valence-corrected chi connectivity index (χ4v) is 4.48. The average molecular weight is 367 g/mol. The number of aromatic nitrogens is 1. The van der Waals surface area contributed by atoms with Crippen LogP contribution in [0.25, 0.3) is 10.1 Å². The molecule has 6 heteroatoms. The molecule has 0 N–H and O–H groups in total. The van der Waals surface area contributed by atoms with E-state index in [-0.39, 0.29) is 6.10 Å². The van der Waals surface area contributed by atoms with E-state index in [2.05, 4.69) is 38.4 Å². The number of rotatable bonds is 3. The topological polar surface area (TPSA) is 37.8 Å². The molecular weight excluding hydrogens is 346 g/mol. The van der Waals surface area contributed by atoms with E-state index in [1.807, 2.05) is 24.3 Å². The molecule has 0 spiro atoms. The molecule has 26 heavy (non-hydrogen) atoms. The summed E-state index contributed by atoms with van der Waals surface area (Å²) in [5, 5.41) is 1.27. The van der Waals surface area contributed by atoms with Crippen molar-refractivity contribution in [2.24, 2.45) is 0 Å². The van der Waals surface area contributed by atoms with E-state index in [1.54, 1.807) is 11.5 Å². The molecule has 5 rings (SSSR count). The third-order valence-electron chi connectivity index (χ3n) is 5.06. The second kappa shape index (κ2) is 6.78. The smallest absolute Gasteiger partial charge is 0.161 e. The van der Waals surface area contributed by atoms with Crippen molar-refractivity contribution in [1.82, 2.24) is 9.27 Å². The number of hydrogen-bond acceptors (Lipinski definition) is 6. The van der Waals surface area contributed by atoms with E-state index in [0.717, 1.165) is 50.0 Å². The van der Waals surface area contributed by atoms with Crippen molar-refractivity contribution in [3.8, 4) is 11.5 Å². The largest absolute Gasteiger partial charge is 0.486 e. The molecule has 2 aliphatic heterocycles. The molecule has 1 fully saturated rings. The summed E-state index contributed by atoms with van der Waals surface area (Å²) in [7, 11) is 0. The average Bonchev–Trinajstić information content (AvgIpc) is 3.13. The highest BCUT2D eigenvalue weighted by atomic mass is 32.1. The first kappa shape index (κ1) is 15.9. The molecule has 3 aromatic rings. The summed E-state index contributed by atoms with van der Waals surface area (Å²) >= 11 is 1.59. The molecule has 1 saturated heterocycles. The van der Waals surface area contributed by atoms with Crippen LogP contribution < -0.4 is 14.4 Å². The van der Waals surface area contributed by atoms with Gasteiger partial charge in [0, 0.05) is 38.1 Å². The summed E-state index contributed by atoms with van der Waals surface area (Å²) in [4.78, 5) is 4.87. The van der Waals surface area contributed by atoms with Gasteiger partial charge in [-0.15, -0.1) is 0 Å². The van der Waals surface area contributed by atoms with Crippen LogP contribution >= 0.6 is 11.5 Å². The molecule has 0 bridgehead atoms. The first-order valence-corrected chi connectivity index (χ1v) is 9.84. The fraction of sp³-hybridized carbons (Fsp3) is 0.350. The van der Waals surface area contributed by atoms with Crippen LogP contribution in [0.15, 0.2) is 48.5 Å². The van der Waals surface area contributed by atoms with Crippen LogP contribution in [0.2, 0.25) is 0 Å². The second-order valence-electron chi connectivity index (χ2n) is 6.79. The first-order chi connectivity index (χ1) is 12.9. The summed E-state index contributed by atoms with van der Waals surface area (Å²) in [6, 6.07) is 16.4. The second-order valence-corrected chi connectivity index (χ2v) is 7.59. The van der Waals surface area contributed by atoms with Gasteiger partial charge in [-0.1, -0.05) is 24.3 Å². The van der Waals surface area contributed by atoms with E-state index in [1.165, 1.54) is 10.1 Å². The first-order valence-electron chi connectivity index (χ1n) is 9.07. The van der Waals surface area contributed by atoms with Crippen molar-refractivity contribution in [3.63, 3.8) is 0 Å². The van der Waals surface area contributed by atoms with E-state index in [0.29, 0.717) is 6.61 Å². The minimum absolute atomic E-state index is 0.0940. The standard InChI is InChI=1S/C20H21N3O2S/c1-4-8-19-16(5-1)20(21-26-19)23-11-9-22(10-12-23)13-15-14-24-17-6-2-3-7-18(17)25-15/h1-8,15H,9-14H2. The monoisotopic (exact) mass is 367 g/mol. The van der Waals surface area contributed by atoms with Gasteiger partial charge in [-0.05, 0) is 35.8 Å². The van der Waals surface area contributed by atoms with Crippen LogP contribution in [-0.2, 0) is 0 Å². The van der Waals surface area contributed by atoms with Crippen molar-refractivity contribution in [2.45, 2.75) is 6.10 Å². The zero-order valence-electron chi connectivity index (χ0n) is 14.5. The highest BCUT2D eigenvalue weighted by Crippen LogP contribution is 2.32. The van der Waals surface area contributed by atoms with E-state index >= 15 is 0 Å². The van der Waals surface area contributed by atoms with Gasteiger partial charge in [0.25, 0.3) is 0 Å². The maximum atomic E-state index is 6.10. The summed E-state index contributed by atoms with van der Waals surface area (Å²) in [6.07, 6.45) is 0.0940. The molecule has 1 unspecified atom stereocenters. The Morgan fingerprint density at radius 2 is 1.73 bits per heavy atom. The molecule has 1 atom stereocenters. The van der Waals surface area contributed by atoms with Crippen LogP contribution in [0.3, 0.4) is 0 Å². The van der Waals surface area contributed by atoms with Gasteiger partial charge < -0.3 is 14.4 Å². The van der Waals surface area contributed by atoms with Crippen LogP contribution in [0.4, 0.5) is 5.82 Å². The molecule has 5 nitrogen and oxygen atoms in total. The minimum Gasteiger partial charge on any atom is -0.486 e. The third kappa shape index (κ3) is 2.99. The number of benzene rings is 2. The summed E-state index contributed by atoms with van der Waals surface area (Å²) in [6.45, 7) is 5.56. The summed E-state index contributed by atoms with van der Waals surface area (Å²) in [5.41, 5.74) is 0. The lowest BCUT2D eigenvalue weighted by Crippen LogP contribution is -2.50. The highest BCUT2D eigenvalue weighted by molar-refractivity contribution is 7.13. The van der Waals surface area contributed by atoms with Crippen molar-refractivity contribution in [2.75, 3.05) is 44.2 Å². The van der Waals surface area contributed by atoms with Crippen molar-refractivity contribution in [3.05, 3.63) is 48.5 Å². The Kier molecular flexibility index (Phi) is 4.15. The Hall–Kier alpha value is -2.31. The quantitative estimate of drug-likeness (QED) is 0.710. The van der Waals surface area contributed by atoms with Crippen LogP contribution in [0.5, 0.6) is 11.5 Å². The zero-order chi connectivity index (χ0) is 17.3. The Morgan fingerprint density at radius 3 is 2.62 bits per heavy atom. The predicted octanol–water partition coefficient (Wildman–Crippen LogP) is 3.26. The lowest BCUT2D eigenvalue weighted by atomic mass is 10.2. The van der Waals surface area contributed by atoms with Gasteiger partial charge >= 0.3 is 0 Å². The fourth-order valence-electron chi connectivity index (χ4n) is 3.68. The third-order valence-corrected chi connectivity index (χ3v) is 5.88. The lowest BCUT2D eigenvalue weighted by molar-refractivity contribution is 0.0571. The molecular formula is C20H21N3O2S. The van der Waals surface area contributed by atoms with Gasteiger partial charge in [0.2, 0.25) is 0 Å². The highest BCUT2D eigenvalue weighted by Gasteiger charge is 2.26. The molecule has 2 aliphatic rings. The molecule has 0 saturated carbocycles. The summed E-state index contributed by atoms with van der Waals surface area (Å²) in [5.74, 6) is 2.84. The zero-order valence-corrected chi connectivity index (χ0v) is 15.3. The van der Waals surface area contributed by atoms with Gasteiger partial charge in [-0.25, -0.2) is 0 Å². The Labute approximate surface area is 156 Å². The number of anilines is 1. The minimum atomic E-state index is 0.0940. The molecule has 0 radical (unpaired) electrons. The van der Waals surface area contributed by atoms with Gasteiger partial charge in [-0.3, -0.25) is 4.90 Å². The number of nitrogens with zero attached hydrogens (tertiary/aromatic N) is 3. The number of para-hydroxylation sites is 2. The maximum Gasteiger partial charge on any atom is 0.161 e. The number of piperazine rings is 1. The lowest BCUT2D eigenvalue weighted by Gasteiger charge is -2.37. The van der Waals surface area contributed by atoms with Crippen molar-refractivity contribution in [1.29, 1.82) is 0 Å². The van der Waals surface area contributed by atoms with Crippen LogP contribution in [0.1, 0.15) is 0 Å². The molecule has 0 amide bonds. The van der Waals surface area contributed by atoms with E-state index < -0.39 is 0 Å². The van der Waals surface area contributed by atoms with Gasteiger partial charge in [0.1, 0.15) is 18.5 Å². The maximum absolute atomic E-state index is 6.10. The number of hydrogen-bond donors (Lipinski definition) is 0. The Balaban J connectivity index is 1.20. The van der Waals surface area contributed by atoms with Crippen molar-refractivity contribution < 1.29 is 9.47 Å². The molecule has 1 aromatic heterocycles. The Morgan fingerprint density at radius 1 is 0.962 bits per heavy atom. The molecule has 0 aliphatic carbocycles. The molecule has 3 heterocycles. The van der Waals surface area contributed by atoms with Crippen LogP contribution in [-0.4, -0.2) is 54.7 Å². The molecule has 2 aromatic carbocycles. The Bertz CT molecular complexity index is 905.